The lowest BCUT2D eigenvalue weighted by Crippen LogP contribution is -2.42. The fourth-order valence-corrected chi connectivity index (χ4v) is 4.13. The van der Waals surface area contributed by atoms with E-state index in [4.69, 9.17) is 5.73 Å². The largest absolute Gasteiger partial charge is 0.327 e. The van der Waals surface area contributed by atoms with E-state index in [0.29, 0.717) is 10.8 Å². The molecule has 1 fully saturated rings. The third-order valence-corrected chi connectivity index (χ3v) is 5.29. The van der Waals surface area contributed by atoms with Crippen molar-refractivity contribution in [3.05, 3.63) is 30.1 Å². The van der Waals surface area contributed by atoms with Crippen LogP contribution in [-0.2, 0) is 10.8 Å². The average molecular weight is 255 g/mol. The van der Waals surface area contributed by atoms with Crippen LogP contribution >= 0.6 is 0 Å². The topological polar surface area (TPSA) is 43.1 Å². The standard InChI is InChI=1S/C13H18FNOS/c1-9-6-7-11(15)13(8-9)17(16)12-5-3-2-4-10(12)14/h2-5,9,11,13H,6-8,15H2,1H3. The van der Waals surface area contributed by atoms with Crippen molar-refractivity contribution in [1.82, 2.24) is 0 Å². The van der Waals surface area contributed by atoms with Gasteiger partial charge in [0.05, 0.1) is 20.9 Å². The van der Waals surface area contributed by atoms with Gasteiger partial charge in [-0.1, -0.05) is 19.1 Å². The van der Waals surface area contributed by atoms with Gasteiger partial charge in [0.2, 0.25) is 0 Å². The highest BCUT2D eigenvalue weighted by atomic mass is 32.2. The summed E-state index contributed by atoms with van der Waals surface area (Å²) in [5.74, 6) is 0.131. The number of halogens is 1. The SMILES string of the molecule is CC1CCC(N)C(S(=O)c2ccccc2F)C1. The summed E-state index contributed by atoms with van der Waals surface area (Å²) < 4.78 is 26.0. The number of rotatable bonds is 2. The Labute approximate surface area is 104 Å². The Morgan fingerprint density at radius 1 is 1.35 bits per heavy atom. The molecular weight excluding hydrogens is 237 g/mol. The quantitative estimate of drug-likeness (QED) is 0.882. The highest BCUT2D eigenvalue weighted by Gasteiger charge is 2.32. The van der Waals surface area contributed by atoms with Crippen molar-refractivity contribution in [1.29, 1.82) is 0 Å². The van der Waals surface area contributed by atoms with Crippen LogP contribution in [0, 0.1) is 11.7 Å². The Balaban J connectivity index is 2.22. The molecular formula is C13H18FNOS. The van der Waals surface area contributed by atoms with E-state index in [1.165, 1.54) is 6.07 Å². The summed E-state index contributed by atoms with van der Waals surface area (Å²) >= 11 is 0. The summed E-state index contributed by atoms with van der Waals surface area (Å²) in [4.78, 5) is 0.294. The first-order valence-corrected chi connectivity index (χ1v) is 7.21. The Morgan fingerprint density at radius 3 is 2.76 bits per heavy atom. The van der Waals surface area contributed by atoms with Crippen LogP contribution in [-0.4, -0.2) is 15.5 Å². The number of hydrogen-bond acceptors (Lipinski definition) is 2. The third kappa shape index (κ3) is 2.75. The van der Waals surface area contributed by atoms with E-state index in [-0.39, 0.29) is 11.3 Å². The Bertz CT molecular complexity index is 424. The van der Waals surface area contributed by atoms with Gasteiger partial charge in [-0.25, -0.2) is 4.39 Å². The lowest BCUT2D eigenvalue weighted by Gasteiger charge is -2.31. The van der Waals surface area contributed by atoms with E-state index >= 15 is 0 Å². The predicted molar refractivity (Wildman–Crippen MR) is 67.6 cm³/mol. The van der Waals surface area contributed by atoms with Crippen LogP contribution in [0.2, 0.25) is 0 Å². The van der Waals surface area contributed by atoms with E-state index in [1.54, 1.807) is 18.2 Å². The minimum absolute atomic E-state index is 0.0772. The minimum Gasteiger partial charge on any atom is -0.327 e. The molecule has 4 heteroatoms. The maximum Gasteiger partial charge on any atom is 0.139 e. The van der Waals surface area contributed by atoms with E-state index in [1.807, 2.05) is 0 Å². The van der Waals surface area contributed by atoms with Crippen molar-refractivity contribution >= 4 is 10.8 Å². The number of nitrogens with two attached hydrogens (primary N) is 1. The van der Waals surface area contributed by atoms with Gasteiger partial charge in [-0.15, -0.1) is 0 Å². The molecule has 2 N–H and O–H groups in total. The predicted octanol–water partition coefficient (Wildman–Crippen LogP) is 2.45. The van der Waals surface area contributed by atoms with Crippen molar-refractivity contribution in [2.24, 2.45) is 11.7 Å². The molecule has 4 unspecified atom stereocenters. The Kier molecular flexibility index (Phi) is 3.94. The van der Waals surface area contributed by atoms with E-state index in [2.05, 4.69) is 6.92 Å². The Hall–Kier alpha value is -0.740. The summed E-state index contributed by atoms with van der Waals surface area (Å²) in [7, 11) is -1.33. The first kappa shape index (κ1) is 12.7. The molecule has 94 valence electrons. The first-order valence-electron chi connectivity index (χ1n) is 6.00. The second-order valence-electron chi connectivity index (χ2n) is 4.85. The summed E-state index contributed by atoms with van der Waals surface area (Å²) in [6, 6.07) is 6.20. The van der Waals surface area contributed by atoms with Gasteiger partial charge in [-0.3, -0.25) is 4.21 Å². The Morgan fingerprint density at radius 2 is 2.06 bits per heavy atom. The molecule has 0 heterocycles. The van der Waals surface area contributed by atoms with Gasteiger partial charge < -0.3 is 5.73 Å². The average Bonchev–Trinajstić information content (AvgIpc) is 2.32. The molecule has 0 saturated heterocycles. The molecule has 17 heavy (non-hydrogen) atoms. The van der Waals surface area contributed by atoms with Crippen LogP contribution in [0.15, 0.2) is 29.2 Å². The molecule has 1 aliphatic carbocycles. The van der Waals surface area contributed by atoms with Crippen molar-refractivity contribution in [3.63, 3.8) is 0 Å². The molecule has 4 atom stereocenters. The maximum atomic E-state index is 13.6. The highest BCUT2D eigenvalue weighted by Crippen LogP contribution is 2.29. The van der Waals surface area contributed by atoms with Gasteiger partial charge in [-0.05, 0) is 37.3 Å². The van der Waals surface area contributed by atoms with Gasteiger partial charge in [0.1, 0.15) is 5.82 Å². The molecule has 0 aromatic heterocycles. The molecule has 1 aromatic carbocycles. The van der Waals surface area contributed by atoms with E-state index < -0.39 is 16.6 Å². The molecule has 0 aliphatic heterocycles. The van der Waals surface area contributed by atoms with Gasteiger partial charge >= 0.3 is 0 Å². The van der Waals surface area contributed by atoms with E-state index in [9.17, 15) is 8.60 Å². The fraction of sp³-hybridized carbons (Fsp3) is 0.538. The first-order chi connectivity index (χ1) is 8.09. The zero-order valence-corrected chi connectivity index (χ0v) is 10.8. The minimum atomic E-state index is -1.33. The van der Waals surface area contributed by atoms with Crippen LogP contribution in [0.25, 0.3) is 0 Å². The van der Waals surface area contributed by atoms with Crippen LogP contribution < -0.4 is 5.73 Å². The van der Waals surface area contributed by atoms with E-state index in [0.717, 1.165) is 19.3 Å². The summed E-state index contributed by atoms with van der Waals surface area (Å²) in [6.45, 7) is 2.14. The van der Waals surface area contributed by atoms with Crippen LogP contribution in [0.1, 0.15) is 26.2 Å². The monoisotopic (exact) mass is 255 g/mol. The zero-order valence-electron chi connectivity index (χ0n) is 9.93. The van der Waals surface area contributed by atoms with Gasteiger partial charge in [0, 0.05) is 6.04 Å². The van der Waals surface area contributed by atoms with Crippen molar-refractivity contribution < 1.29 is 8.60 Å². The second-order valence-corrected chi connectivity index (χ2v) is 6.49. The molecule has 0 bridgehead atoms. The van der Waals surface area contributed by atoms with Crippen molar-refractivity contribution in [3.8, 4) is 0 Å². The highest BCUT2D eigenvalue weighted by molar-refractivity contribution is 7.85. The molecule has 0 spiro atoms. The normalized spacial score (nSPS) is 31.1. The van der Waals surface area contributed by atoms with Crippen molar-refractivity contribution in [2.75, 3.05) is 0 Å². The zero-order chi connectivity index (χ0) is 12.4. The van der Waals surface area contributed by atoms with Crippen molar-refractivity contribution in [2.45, 2.75) is 42.4 Å². The molecule has 1 aromatic rings. The maximum absolute atomic E-state index is 13.6. The van der Waals surface area contributed by atoms with Crippen LogP contribution in [0.3, 0.4) is 0 Å². The molecule has 0 amide bonds. The van der Waals surface area contributed by atoms with Gasteiger partial charge in [0.15, 0.2) is 0 Å². The number of benzene rings is 1. The summed E-state index contributed by atoms with van der Waals surface area (Å²) in [6.07, 6.45) is 2.78. The lowest BCUT2D eigenvalue weighted by atomic mass is 9.87. The van der Waals surface area contributed by atoms with Crippen LogP contribution in [0.5, 0.6) is 0 Å². The van der Waals surface area contributed by atoms with Crippen LogP contribution in [0.4, 0.5) is 4.39 Å². The number of hydrogen-bond donors (Lipinski definition) is 1. The van der Waals surface area contributed by atoms with Gasteiger partial charge in [-0.2, -0.15) is 0 Å². The van der Waals surface area contributed by atoms with Gasteiger partial charge in [0.25, 0.3) is 0 Å². The molecule has 0 radical (unpaired) electrons. The smallest absolute Gasteiger partial charge is 0.139 e. The molecule has 2 nitrogen and oxygen atoms in total. The third-order valence-electron chi connectivity index (χ3n) is 3.43. The lowest BCUT2D eigenvalue weighted by molar-refractivity contribution is 0.352. The summed E-state index contributed by atoms with van der Waals surface area (Å²) in [5.41, 5.74) is 6.01. The molecule has 1 saturated carbocycles. The molecule has 1 aliphatic rings. The fourth-order valence-electron chi connectivity index (χ4n) is 2.37. The molecule has 2 rings (SSSR count). The second kappa shape index (κ2) is 5.27. The summed E-state index contributed by atoms with van der Waals surface area (Å²) in [5, 5.41) is -0.115.